The summed E-state index contributed by atoms with van der Waals surface area (Å²) in [5.41, 5.74) is 2.14. The van der Waals surface area contributed by atoms with E-state index in [1.165, 1.54) is 0 Å². The van der Waals surface area contributed by atoms with Crippen molar-refractivity contribution >= 4 is 16.7 Å². The molecule has 0 saturated carbocycles. The van der Waals surface area contributed by atoms with Gasteiger partial charge in [0.15, 0.2) is 0 Å². The van der Waals surface area contributed by atoms with E-state index >= 15 is 0 Å². The predicted molar refractivity (Wildman–Crippen MR) is 66.7 cm³/mol. The van der Waals surface area contributed by atoms with Gasteiger partial charge in [-0.1, -0.05) is 18.2 Å². The minimum Gasteiger partial charge on any atom is -0.396 e. The van der Waals surface area contributed by atoms with Crippen LogP contribution >= 0.6 is 0 Å². The zero-order valence-electron chi connectivity index (χ0n) is 9.40. The van der Waals surface area contributed by atoms with Gasteiger partial charge in [0.1, 0.15) is 5.82 Å². The number of nitrogens with zero attached hydrogens (tertiary/aromatic N) is 1. The van der Waals surface area contributed by atoms with Crippen molar-refractivity contribution in [2.45, 2.75) is 13.3 Å². The number of aryl methyl sites for hydroxylation is 1. The molecule has 0 radical (unpaired) electrons. The van der Waals surface area contributed by atoms with Gasteiger partial charge in [-0.05, 0) is 31.0 Å². The maximum Gasteiger partial charge on any atom is 0.129 e. The first-order chi connectivity index (χ1) is 7.81. The fourth-order valence-corrected chi connectivity index (χ4v) is 1.69. The van der Waals surface area contributed by atoms with Crippen molar-refractivity contribution in [2.75, 3.05) is 18.5 Å². The minimum absolute atomic E-state index is 0.208. The van der Waals surface area contributed by atoms with E-state index in [0.29, 0.717) is 0 Å². The van der Waals surface area contributed by atoms with Crippen LogP contribution in [0.4, 0.5) is 5.82 Å². The van der Waals surface area contributed by atoms with Gasteiger partial charge in [-0.25, -0.2) is 4.98 Å². The van der Waals surface area contributed by atoms with Gasteiger partial charge in [0.05, 0.1) is 5.52 Å². The largest absolute Gasteiger partial charge is 0.396 e. The van der Waals surface area contributed by atoms with E-state index < -0.39 is 0 Å². The Labute approximate surface area is 95.1 Å². The Morgan fingerprint density at radius 3 is 2.94 bits per heavy atom. The first kappa shape index (κ1) is 10.9. The highest BCUT2D eigenvalue weighted by molar-refractivity contribution is 5.81. The number of fused-ring (bicyclic) bond motifs is 1. The maximum absolute atomic E-state index is 8.72. The minimum atomic E-state index is 0.208. The van der Waals surface area contributed by atoms with Crippen LogP contribution in [-0.2, 0) is 0 Å². The molecule has 2 rings (SSSR count). The van der Waals surface area contributed by atoms with E-state index in [2.05, 4.69) is 22.4 Å². The normalized spacial score (nSPS) is 10.6. The number of aliphatic hydroxyl groups excluding tert-OH is 1. The first-order valence-electron chi connectivity index (χ1n) is 5.52. The lowest BCUT2D eigenvalue weighted by Crippen LogP contribution is -2.06. The zero-order chi connectivity index (χ0) is 11.4. The van der Waals surface area contributed by atoms with Gasteiger partial charge in [-0.2, -0.15) is 0 Å². The summed E-state index contributed by atoms with van der Waals surface area (Å²) in [7, 11) is 0. The molecule has 0 aliphatic rings. The average molecular weight is 216 g/mol. The Morgan fingerprint density at radius 1 is 1.31 bits per heavy atom. The fraction of sp³-hybridized carbons (Fsp3) is 0.308. The molecule has 84 valence electrons. The van der Waals surface area contributed by atoms with Crippen LogP contribution in [0.2, 0.25) is 0 Å². The number of rotatable bonds is 4. The summed E-state index contributed by atoms with van der Waals surface area (Å²) in [6.07, 6.45) is 0.744. The third-order valence-electron chi connectivity index (χ3n) is 2.54. The molecule has 0 aliphatic heterocycles. The van der Waals surface area contributed by atoms with Crippen molar-refractivity contribution in [3.05, 3.63) is 35.9 Å². The molecule has 1 aromatic heterocycles. The summed E-state index contributed by atoms with van der Waals surface area (Å²) >= 11 is 0. The first-order valence-corrected chi connectivity index (χ1v) is 5.52. The van der Waals surface area contributed by atoms with E-state index in [4.69, 9.17) is 5.11 Å². The Bertz CT molecular complexity index is 482. The van der Waals surface area contributed by atoms with Crippen LogP contribution in [0, 0.1) is 6.92 Å². The van der Waals surface area contributed by atoms with Crippen LogP contribution < -0.4 is 5.32 Å². The number of aromatic nitrogens is 1. The van der Waals surface area contributed by atoms with E-state index in [9.17, 15) is 0 Å². The van der Waals surface area contributed by atoms with Crippen LogP contribution in [0.25, 0.3) is 10.9 Å². The third-order valence-corrected chi connectivity index (χ3v) is 2.54. The molecule has 0 aliphatic carbocycles. The summed E-state index contributed by atoms with van der Waals surface area (Å²) in [5, 5.41) is 13.1. The number of aliphatic hydroxyl groups is 1. The number of benzene rings is 1. The second-order valence-corrected chi connectivity index (χ2v) is 3.85. The van der Waals surface area contributed by atoms with Crippen LogP contribution in [-0.4, -0.2) is 23.2 Å². The number of hydrogen-bond acceptors (Lipinski definition) is 3. The quantitative estimate of drug-likeness (QED) is 0.771. The molecule has 16 heavy (non-hydrogen) atoms. The monoisotopic (exact) mass is 216 g/mol. The highest BCUT2D eigenvalue weighted by Crippen LogP contribution is 2.19. The smallest absolute Gasteiger partial charge is 0.129 e. The average Bonchev–Trinajstić information content (AvgIpc) is 2.30. The van der Waals surface area contributed by atoms with Crippen molar-refractivity contribution in [2.24, 2.45) is 0 Å². The summed E-state index contributed by atoms with van der Waals surface area (Å²) in [6, 6.07) is 10.2. The summed E-state index contributed by atoms with van der Waals surface area (Å²) in [4.78, 5) is 4.55. The van der Waals surface area contributed by atoms with Crippen LogP contribution in [0.15, 0.2) is 30.3 Å². The molecule has 3 nitrogen and oxygen atoms in total. The summed E-state index contributed by atoms with van der Waals surface area (Å²) < 4.78 is 0. The summed E-state index contributed by atoms with van der Waals surface area (Å²) in [5.74, 6) is 0.909. The Kier molecular flexibility index (Phi) is 3.37. The Hall–Kier alpha value is -1.61. The molecule has 1 heterocycles. The second kappa shape index (κ2) is 4.94. The SMILES string of the molecule is Cc1cc2ccccc2nc1NCCCO. The standard InChI is InChI=1S/C13H16N2O/c1-10-9-11-5-2-3-6-12(11)15-13(10)14-7-4-8-16/h2-3,5-6,9,16H,4,7-8H2,1H3,(H,14,15). The number of hydrogen-bond donors (Lipinski definition) is 2. The Morgan fingerprint density at radius 2 is 2.12 bits per heavy atom. The van der Waals surface area contributed by atoms with E-state index in [0.717, 1.165) is 35.2 Å². The lowest BCUT2D eigenvalue weighted by Gasteiger charge is -2.09. The molecule has 0 fully saturated rings. The number of pyridine rings is 1. The molecule has 0 bridgehead atoms. The molecule has 2 N–H and O–H groups in total. The van der Waals surface area contributed by atoms with Crippen molar-refractivity contribution < 1.29 is 5.11 Å². The van der Waals surface area contributed by atoms with Crippen molar-refractivity contribution in [1.29, 1.82) is 0 Å². The van der Waals surface area contributed by atoms with Gasteiger partial charge < -0.3 is 10.4 Å². The molecule has 2 aromatic rings. The van der Waals surface area contributed by atoms with Crippen LogP contribution in [0.5, 0.6) is 0 Å². The van der Waals surface area contributed by atoms with Crippen LogP contribution in [0.1, 0.15) is 12.0 Å². The van der Waals surface area contributed by atoms with Crippen molar-refractivity contribution in [1.82, 2.24) is 4.98 Å². The third kappa shape index (κ3) is 2.31. The summed E-state index contributed by atoms with van der Waals surface area (Å²) in [6.45, 7) is 3.00. The lowest BCUT2D eigenvalue weighted by molar-refractivity contribution is 0.292. The molecular weight excluding hydrogens is 200 g/mol. The molecule has 1 aromatic carbocycles. The molecule has 3 heteroatoms. The number of anilines is 1. The molecule has 0 unspecified atom stereocenters. The Balaban J connectivity index is 2.27. The second-order valence-electron chi connectivity index (χ2n) is 3.85. The fourth-order valence-electron chi connectivity index (χ4n) is 1.69. The van der Waals surface area contributed by atoms with E-state index in [1.54, 1.807) is 0 Å². The number of para-hydroxylation sites is 1. The predicted octanol–water partition coefficient (Wildman–Crippen LogP) is 2.34. The van der Waals surface area contributed by atoms with Gasteiger partial charge in [0.25, 0.3) is 0 Å². The van der Waals surface area contributed by atoms with Gasteiger partial charge in [-0.15, -0.1) is 0 Å². The molecule has 0 saturated heterocycles. The van der Waals surface area contributed by atoms with Gasteiger partial charge in [0.2, 0.25) is 0 Å². The van der Waals surface area contributed by atoms with E-state index in [1.807, 2.05) is 25.1 Å². The molecule has 0 atom stereocenters. The zero-order valence-corrected chi connectivity index (χ0v) is 9.40. The molecule has 0 amide bonds. The molecular formula is C13H16N2O. The van der Waals surface area contributed by atoms with Gasteiger partial charge in [-0.3, -0.25) is 0 Å². The highest BCUT2D eigenvalue weighted by Gasteiger charge is 2.01. The van der Waals surface area contributed by atoms with Gasteiger partial charge >= 0.3 is 0 Å². The lowest BCUT2D eigenvalue weighted by atomic mass is 10.1. The maximum atomic E-state index is 8.72. The topological polar surface area (TPSA) is 45.2 Å². The van der Waals surface area contributed by atoms with Gasteiger partial charge in [0, 0.05) is 18.5 Å². The van der Waals surface area contributed by atoms with E-state index in [-0.39, 0.29) is 6.61 Å². The van der Waals surface area contributed by atoms with Crippen molar-refractivity contribution in [3.63, 3.8) is 0 Å². The number of nitrogens with one attached hydrogen (secondary N) is 1. The van der Waals surface area contributed by atoms with Crippen LogP contribution in [0.3, 0.4) is 0 Å². The highest BCUT2D eigenvalue weighted by atomic mass is 16.3. The molecule has 0 spiro atoms. The van der Waals surface area contributed by atoms with Crippen molar-refractivity contribution in [3.8, 4) is 0 Å².